The first-order chi connectivity index (χ1) is 9.47. The fourth-order valence-corrected chi connectivity index (χ4v) is 1.51. The van der Waals surface area contributed by atoms with Crippen molar-refractivity contribution in [3.8, 4) is 5.75 Å². The van der Waals surface area contributed by atoms with Gasteiger partial charge in [0, 0.05) is 12.3 Å². The lowest BCUT2D eigenvalue weighted by molar-refractivity contribution is 0.0696. The fraction of sp³-hybridized carbons (Fsp3) is 0. The highest BCUT2D eigenvalue weighted by Crippen LogP contribution is 2.17. The lowest BCUT2D eigenvalue weighted by Crippen LogP contribution is -2.14. The number of phenols is 1. The lowest BCUT2D eigenvalue weighted by Gasteiger charge is -2.06. The maximum atomic E-state index is 13.5. The number of nitrogens with zero attached hydrogens (tertiary/aromatic N) is 1. The van der Waals surface area contributed by atoms with Crippen LogP contribution in [0.15, 0.2) is 36.7 Å². The first-order valence-electron chi connectivity index (χ1n) is 5.45. The maximum absolute atomic E-state index is 13.5. The highest BCUT2D eigenvalue weighted by atomic mass is 19.1. The van der Waals surface area contributed by atoms with Crippen molar-refractivity contribution in [3.05, 3.63) is 53.6 Å². The van der Waals surface area contributed by atoms with Crippen LogP contribution in [-0.4, -0.2) is 27.1 Å². The minimum absolute atomic E-state index is 0.103. The van der Waals surface area contributed by atoms with E-state index in [0.717, 1.165) is 18.3 Å². The van der Waals surface area contributed by atoms with Crippen molar-refractivity contribution < 1.29 is 24.2 Å². The largest absolute Gasteiger partial charge is 0.508 e. The van der Waals surface area contributed by atoms with Crippen LogP contribution in [-0.2, 0) is 0 Å². The zero-order valence-electron chi connectivity index (χ0n) is 10.0. The molecular formula is C13H9FN2O4. The number of carbonyl (C=O) groups is 2. The number of hydrogen-bond acceptors (Lipinski definition) is 4. The molecule has 2 rings (SSSR count). The number of hydrogen-bond donors (Lipinski definition) is 3. The highest BCUT2D eigenvalue weighted by molar-refractivity contribution is 6.04. The molecule has 0 radical (unpaired) electrons. The van der Waals surface area contributed by atoms with E-state index in [9.17, 15) is 14.0 Å². The Morgan fingerprint density at radius 3 is 2.60 bits per heavy atom. The van der Waals surface area contributed by atoms with Crippen LogP contribution in [0.4, 0.5) is 10.1 Å². The first kappa shape index (κ1) is 13.5. The van der Waals surface area contributed by atoms with E-state index in [0.29, 0.717) is 0 Å². The number of amides is 1. The van der Waals surface area contributed by atoms with E-state index in [1.165, 1.54) is 18.3 Å². The first-order valence-corrected chi connectivity index (χ1v) is 5.45. The van der Waals surface area contributed by atoms with Crippen molar-refractivity contribution in [2.45, 2.75) is 0 Å². The SMILES string of the molecule is O=C(O)c1cncc(NC(=O)c2ccc(O)cc2F)c1. The van der Waals surface area contributed by atoms with Crippen LogP contribution in [0.2, 0.25) is 0 Å². The van der Waals surface area contributed by atoms with E-state index < -0.39 is 17.7 Å². The van der Waals surface area contributed by atoms with Gasteiger partial charge in [-0.25, -0.2) is 9.18 Å². The van der Waals surface area contributed by atoms with Gasteiger partial charge in [-0.2, -0.15) is 0 Å². The monoisotopic (exact) mass is 276 g/mol. The molecule has 6 nitrogen and oxygen atoms in total. The Morgan fingerprint density at radius 1 is 1.20 bits per heavy atom. The molecule has 7 heteroatoms. The van der Waals surface area contributed by atoms with Gasteiger partial charge < -0.3 is 15.5 Å². The molecule has 2 aromatic rings. The summed E-state index contributed by atoms with van der Waals surface area (Å²) in [6.07, 6.45) is 2.36. The molecular weight excluding hydrogens is 267 g/mol. The smallest absolute Gasteiger partial charge is 0.337 e. The summed E-state index contributed by atoms with van der Waals surface area (Å²) < 4.78 is 13.5. The molecule has 0 atom stereocenters. The molecule has 1 aromatic heterocycles. The summed E-state index contributed by atoms with van der Waals surface area (Å²) in [6.45, 7) is 0. The van der Waals surface area contributed by atoms with Crippen LogP contribution in [0.3, 0.4) is 0 Å². The number of phenolic OH excluding ortho intramolecular Hbond substituents is 1. The Morgan fingerprint density at radius 2 is 1.95 bits per heavy atom. The molecule has 0 aliphatic rings. The normalized spacial score (nSPS) is 10.1. The third-order valence-electron chi connectivity index (χ3n) is 2.44. The summed E-state index contributed by atoms with van der Waals surface area (Å²) in [6, 6.07) is 4.30. The molecule has 0 aliphatic carbocycles. The Kier molecular flexibility index (Phi) is 3.60. The van der Waals surface area contributed by atoms with E-state index in [2.05, 4.69) is 10.3 Å². The zero-order valence-corrected chi connectivity index (χ0v) is 10.0. The molecule has 0 fully saturated rings. The maximum Gasteiger partial charge on any atom is 0.337 e. The van der Waals surface area contributed by atoms with Gasteiger partial charge in [0.15, 0.2) is 0 Å². The summed E-state index contributed by atoms with van der Waals surface area (Å²) in [4.78, 5) is 26.2. The molecule has 0 aliphatic heterocycles. The number of halogens is 1. The minimum Gasteiger partial charge on any atom is -0.508 e. The van der Waals surface area contributed by atoms with Gasteiger partial charge in [-0.15, -0.1) is 0 Å². The molecule has 102 valence electrons. The number of pyridine rings is 1. The van der Waals surface area contributed by atoms with Crippen LogP contribution >= 0.6 is 0 Å². The third-order valence-corrected chi connectivity index (χ3v) is 2.44. The number of aromatic hydroxyl groups is 1. The van der Waals surface area contributed by atoms with E-state index in [1.807, 2.05) is 0 Å². The van der Waals surface area contributed by atoms with Gasteiger partial charge in [0.2, 0.25) is 0 Å². The molecule has 1 aromatic carbocycles. The molecule has 1 heterocycles. The number of carbonyl (C=O) groups excluding carboxylic acids is 1. The Hall–Kier alpha value is -2.96. The summed E-state index contributed by atoms with van der Waals surface area (Å²) in [5.74, 6) is -3.14. The van der Waals surface area contributed by atoms with E-state index in [1.54, 1.807) is 0 Å². The second kappa shape index (κ2) is 5.35. The van der Waals surface area contributed by atoms with Crippen LogP contribution in [0.25, 0.3) is 0 Å². The Balaban J connectivity index is 2.23. The lowest BCUT2D eigenvalue weighted by atomic mass is 10.2. The third kappa shape index (κ3) is 2.89. The number of nitrogens with one attached hydrogen (secondary N) is 1. The molecule has 0 bridgehead atoms. The molecule has 0 spiro atoms. The van der Waals surface area contributed by atoms with Gasteiger partial charge in [-0.3, -0.25) is 9.78 Å². The van der Waals surface area contributed by atoms with Crippen LogP contribution in [0, 0.1) is 5.82 Å². The van der Waals surface area contributed by atoms with Crippen molar-refractivity contribution in [2.24, 2.45) is 0 Å². The van der Waals surface area contributed by atoms with Crippen LogP contribution in [0.5, 0.6) is 5.75 Å². The second-order valence-corrected chi connectivity index (χ2v) is 3.89. The van der Waals surface area contributed by atoms with Crippen molar-refractivity contribution >= 4 is 17.6 Å². The van der Waals surface area contributed by atoms with Gasteiger partial charge >= 0.3 is 5.97 Å². The van der Waals surface area contributed by atoms with E-state index in [4.69, 9.17) is 10.2 Å². The molecule has 1 amide bonds. The zero-order chi connectivity index (χ0) is 14.7. The predicted octanol–water partition coefficient (Wildman–Crippen LogP) is 1.88. The van der Waals surface area contributed by atoms with E-state index in [-0.39, 0.29) is 22.6 Å². The van der Waals surface area contributed by atoms with Gasteiger partial charge in [0.05, 0.1) is 23.0 Å². The van der Waals surface area contributed by atoms with Crippen molar-refractivity contribution in [1.82, 2.24) is 4.98 Å². The topological polar surface area (TPSA) is 99.5 Å². The minimum atomic E-state index is -1.19. The van der Waals surface area contributed by atoms with Crippen LogP contribution < -0.4 is 5.32 Å². The molecule has 3 N–H and O–H groups in total. The summed E-state index contributed by atoms with van der Waals surface area (Å²) in [7, 11) is 0. The average molecular weight is 276 g/mol. The second-order valence-electron chi connectivity index (χ2n) is 3.89. The molecule has 0 unspecified atom stereocenters. The number of aromatic carboxylic acids is 1. The highest BCUT2D eigenvalue weighted by Gasteiger charge is 2.13. The summed E-state index contributed by atoms with van der Waals surface area (Å²) in [5.41, 5.74) is -0.250. The van der Waals surface area contributed by atoms with Gasteiger partial charge in [0.25, 0.3) is 5.91 Å². The Labute approximate surface area is 112 Å². The Bertz CT molecular complexity index is 688. The average Bonchev–Trinajstić information content (AvgIpc) is 2.38. The number of benzene rings is 1. The van der Waals surface area contributed by atoms with Gasteiger partial charge in [0.1, 0.15) is 11.6 Å². The van der Waals surface area contributed by atoms with Crippen molar-refractivity contribution in [3.63, 3.8) is 0 Å². The van der Waals surface area contributed by atoms with Gasteiger partial charge in [-0.1, -0.05) is 0 Å². The number of anilines is 1. The number of aromatic nitrogens is 1. The number of rotatable bonds is 3. The molecule has 20 heavy (non-hydrogen) atoms. The number of carboxylic acids is 1. The molecule has 0 saturated heterocycles. The van der Waals surface area contributed by atoms with Crippen LogP contribution in [0.1, 0.15) is 20.7 Å². The quantitative estimate of drug-likeness (QED) is 0.794. The van der Waals surface area contributed by atoms with Gasteiger partial charge in [-0.05, 0) is 18.2 Å². The summed E-state index contributed by atoms with van der Waals surface area (Å²) >= 11 is 0. The number of carboxylic acid groups (broad SMARTS) is 1. The molecule has 0 saturated carbocycles. The van der Waals surface area contributed by atoms with Crippen molar-refractivity contribution in [2.75, 3.05) is 5.32 Å². The van der Waals surface area contributed by atoms with E-state index >= 15 is 0 Å². The predicted molar refractivity (Wildman–Crippen MR) is 67.2 cm³/mol. The fourth-order valence-electron chi connectivity index (χ4n) is 1.51. The standard InChI is InChI=1S/C13H9FN2O4/c14-11-4-9(17)1-2-10(11)12(18)16-8-3-7(13(19)20)5-15-6-8/h1-6,17H,(H,16,18)(H,19,20). The van der Waals surface area contributed by atoms with Crippen molar-refractivity contribution in [1.29, 1.82) is 0 Å². The summed E-state index contributed by atoms with van der Waals surface area (Å²) in [5, 5.41) is 20.2.